The Labute approximate surface area is 171 Å². The summed E-state index contributed by atoms with van der Waals surface area (Å²) in [5.74, 6) is -0.438. The third kappa shape index (κ3) is 4.40. The van der Waals surface area contributed by atoms with Crippen molar-refractivity contribution < 1.29 is 13.2 Å². The summed E-state index contributed by atoms with van der Waals surface area (Å²) in [6.07, 6.45) is 1.70. The van der Waals surface area contributed by atoms with Gasteiger partial charge in [-0.05, 0) is 54.2 Å². The second-order valence-corrected chi connectivity index (χ2v) is 10.4. The lowest BCUT2D eigenvalue weighted by Gasteiger charge is -2.19. The summed E-state index contributed by atoms with van der Waals surface area (Å²) in [5, 5.41) is 3.01. The highest BCUT2D eigenvalue weighted by Gasteiger charge is 2.28. The van der Waals surface area contributed by atoms with Crippen molar-refractivity contribution in [2.45, 2.75) is 43.9 Å². The summed E-state index contributed by atoms with van der Waals surface area (Å²) in [4.78, 5) is 12.8. The van der Waals surface area contributed by atoms with Crippen molar-refractivity contribution >= 4 is 33.2 Å². The SMILES string of the molecule is CC(C)(C)c1ccc(NC(=O)c2cc(S(=O)(=O)N3CCCC3)ccc2Cl)cc1. The van der Waals surface area contributed by atoms with Gasteiger partial charge in [-0.3, -0.25) is 4.79 Å². The zero-order valence-electron chi connectivity index (χ0n) is 16.3. The van der Waals surface area contributed by atoms with Crippen LogP contribution < -0.4 is 5.32 Å². The second kappa shape index (κ2) is 7.85. The lowest BCUT2D eigenvalue weighted by atomic mass is 9.87. The van der Waals surface area contributed by atoms with Crippen LogP contribution in [0.4, 0.5) is 5.69 Å². The molecule has 0 aliphatic carbocycles. The molecule has 0 radical (unpaired) electrons. The van der Waals surface area contributed by atoms with Gasteiger partial charge in [0.2, 0.25) is 10.0 Å². The van der Waals surface area contributed by atoms with Crippen LogP contribution in [-0.4, -0.2) is 31.7 Å². The molecule has 7 heteroatoms. The smallest absolute Gasteiger partial charge is 0.257 e. The standard InChI is InChI=1S/C21H25ClN2O3S/c1-21(2,3)15-6-8-16(9-7-15)23-20(25)18-14-17(10-11-19(18)22)28(26,27)24-12-4-5-13-24/h6-11,14H,4-5,12-13H2,1-3H3,(H,23,25). The molecule has 1 aliphatic heterocycles. The van der Waals surface area contributed by atoms with Crippen LogP contribution in [0.3, 0.4) is 0 Å². The van der Waals surface area contributed by atoms with Gasteiger partial charge < -0.3 is 5.32 Å². The molecule has 2 aromatic carbocycles. The molecule has 0 spiro atoms. The topological polar surface area (TPSA) is 66.5 Å². The van der Waals surface area contributed by atoms with Crippen molar-refractivity contribution in [2.24, 2.45) is 0 Å². The van der Waals surface area contributed by atoms with Gasteiger partial charge in [0.05, 0.1) is 15.5 Å². The van der Waals surface area contributed by atoms with E-state index in [-0.39, 0.29) is 20.9 Å². The Morgan fingerprint density at radius 1 is 1.04 bits per heavy atom. The molecule has 3 rings (SSSR count). The fraction of sp³-hybridized carbons (Fsp3) is 0.381. The first kappa shape index (κ1) is 20.8. The molecule has 1 heterocycles. The quantitative estimate of drug-likeness (QED) is 0.781. The van der Waals surface area contributed by atoms with Crippen molar-refractivity contribution in [1.29, 1.82) is 0 Å². The van der Waals surface area contributed by atoms with Crippen molar-refractivity contribution in [1.82, 2.24) is 4.31 Å². The molecule has 1 saturated heterocycles. The number of sulfonamides is 1. The average Bonchev–Trinajstić information content (AvgIpc) is 3.17. The molecule has 5 nitrogen and oxygen atoms in total. The minimum absolute atomic E-state index is 0.0180. The van der Waals surface area contributed by atoms with Gasteiger partial charge in [0, 0.05) is 18.8 Å². The van der Waals surface area contributed by atoms with Gasteiger partial charge in [-0.1, -0.05) is 44.5 Å². The molecule has 2 aromatic rings. The highest BCUT2D eigenvalue weighted by molar-refractivity contribution is 7.89. The highest BCUT2D eigenvalue weighted by Crippen LogP contribution is 2.27. The molecule has 1 aliphatic rings. The summed E-state index contributed by atoms with van der Waals surface area (Å²) in [7, 11) is -3.61. The van der Waals surface area contributed by atoms with E-state index in [4.69, 9.17) is 11.6 Å². The molecule has 1 N–H and O–H groups in total. The van der Waals surface area contributed by atoms with Gasteiger partial charge in [0.1, 0.15) is 0 Å². The highest BCUT2D eigenvalue weighted by atomic mass is 35.5. The summed E-state index contributed by atoms with van der Waals surface area (Å²) in [6.45, 7) is 7.37. The normalized spacial score (nSPS) is 15.6. The molecule has 150 valence electrons. The number of halogens is 1. The molecule has 0 atom stereocenters. The molecular formula is C21H25ClN2O3S. The monoisotopic (exact) mass is 420 g/mol. The molecule has 0 bridgehead atoms. The minimum Gasteiger partial charge on any atom is -0.322 e. The second-order valence-electron chi connectivity index (χ2n) is 8.03. The Bertz CT molecular complexity index is 974. The number of carbonyl (C=O) groups is 1. The fourth-order valence-corrected chi connectivity index (χ4v) is 4.92. The zero-order valence-corrected chi connectivity index (χ0v) is 17.9. The van der Waals surface area contributed by atoms with Gasteiger partial charge >= 0.3 is 0 Å². The van der Waals surface area contributed by atoms with E-state index >= 15 is 0 Å². The van der Waals surface area contributed by atoms with Gasteiger partial charge in [-0.2, -0.15) is 4.31 Å². The Hall–Kier alpha value is -1.89. The van der Waals surface area contributed by atoms with E-state index in [1.165, 1.54) is 22.5 Å². The average molecular weight is 421 g/mol. The molecule has 1 fully saturated rings. The first-order valence-electron chi connectivity index (χ1n) is 9.30. The summed E-state index contributed by atoms with van der Waals surface area (Å²) in [6, 6.07) is 11.9. The number of rotatable bonds is 4. The number of hydrogen-bond donors (Lipinski definition) is 1. The fourth-order valence-electron chi connectivity index (χ4n) is 3.17. The molecular weight excluding hydrogens is 396 g/mol. The minimum atomic E-state index is -3.61. The Balaban J connectivity index is 1.84. The van der Waals surface area contributed by atoms with Crippen LogP contribution in [0.5, 0.6) is 0 Å². The van der Waals surface area contributed by atoms with E-state index in [2.05, 4.69) is 26.1 Å². The molecule has 28 heavy (non-hydrogen) atoms. The predicted molar refractivity (Wildman–Crippen MR) is 113 cm³/mol. The summed E-state index contributed by atoms with van der Waals surface area (Å²) in [5.41, 5.74) is 1.94. The first-order valence-corrected chi connectivity index (χ1v) is 11.1. The third-order valence-electron chi connectivity index (χ3n) is 4.89. The number of nitrogens with zero attached hydrogens (tertiary/aromatic N) is 1. The Morgan fingerprint density at radius 3 is 2.21 bits per heavy atom. The van der Waals surface area contributed by atoms with Gasteiger partial charge in [-0.15, -0.1) is 0 Å². The van der Waals surface area contributed by atoms with Crippen molar-refractivity contribution in [3.05, 3.63) is 58.6 Å². The van der Waals surface area contributed by atoms with Crippen LogP contribution >= 0.6 is 11.6 Å². The third-order valence-corrected chi connectivity index (χ3v) is 7.12. The van der Waals surface area contributed by atoms with E-state index < -0.39 is 15.9 Å². The number of anilines is 1. The maximum absolute atomic E-state index is 12.8. The lowest BCUT2D eigenvalue weighted by Crippen LogP contribution is -2.28. The molecule has 0 unspecified atom stereocenters. The first-order chi connectivity index (χ1) is 13.1. The molecule has 0 saturated carbocycles. The Morgan fingerprint density at radius 2 is 1.64 bits per heavy atom. The number of amides is 1. The molecule has 0 aromatic heterocycles. The predicted octanol–water partition coefficient (Wildman–Crippen LogP) is 4.67. The van der Waals surface area contributed by atoms with Crippen molar-refractivity contribution in [3.8, 4) is 0 Å². The number of carbonyl (C=O) groups excluding carboxylic acids is 1. The van der Waals surface area contributed by atoms with Gasteiger partial charge in [0.15, 0.2) is 0 Å². The maximum atomic E-state index is 12.8. The van der Waals surface area contributed by atoms with Crippen molar-refractivity contribution in [2.75, 3.05) is 18.4 Å². The van der Waals surface area contributed by atoms with E-state index in [0.717, 1.165) is 18.4 Å². The van der Waals surface area contributed by atoms with Gasteiger partial charge in [0.25, 0.3) is 5.91 Å². The summed E-state index contributed by atoms with van der Waals surface area (Å²) >= 11 is 6.18. The van der Waals surface area contributed by atoms with E-state index in [9.17, 15) is 13.2 Å². The van der Waals surface area contributed by atoms with Crippen LogP contribution in [0, 0.1) is 0 Å². The number of hydrogen-bond acceptors (Lipinski definition) is 3. The van der Waals surface area contributed by atoms with Crippen LogP contribution in [0.15, 0.2) is 47.4 Å². The largest absolute Gasteiger partial charge is 0.322 e. The van der Waals surface area contributed by atoms with Crippen LogP contribution in [0.2, 0.25) is 5.02 Å². The maximum Gasteiger partial charge on any atom is 0.257 e. The summed E-state index contributed by atoms with van der Waals surface area (Å²) < 4.78 is 27.0. The Kier molecular flexibility index (Phi) is 5.84. The van der Waals surface area contributed by atoms with Crippen LogP contribution in [0.25, 0.3) is 0 Å². The van der Waals surface area contributed by atoms with Crippen LogP contribution in [-0.2, 0) is 15.4 Å². The molecule has 1 amide bonds. The van der Waals surface area contributed by atoms with E-state index in [1.807, 2.05) is 24.3 Å². The number of nitrogens with one attached hydrogen (secondary N) is 1. The van der Waals surface area contributed by atoms with E-state index in [1.54, 1.807) is 0 Å². The van der Waals surface area contributed by atoms with Gasteiger partial charge in [-0.25, -0.2) is 8.42 Å². The lowest BCUT2D eigenvalue weighted by molar-refractivity contribution is 0.102. The number of benzene rings is 2. The van der Waals surface area contributed by atoms with Crippen LogP contribution in [0.1, 0.15) is 49.5 Å². The van der Waals surface area contributed by atoms with E-state index in [0.29, 0.717) is 18.8 Å². The zero-order chi connectivity index (χ0) is 20.5. The van der Waals surface area contributed by atoms with Crippen molar-refractivity contribution in [3.63, 3.8) is 0 Å².